The van der Waals surface area contributed by atoms with Crippen LogP contribution in [0.2, 0.25) is 10.0 Å². The predicted octanol–water partition coefficient (Wildman–Crippen LogP) is 6.48. The molecule has 1 saturated carbocycles. The van der Waals surface area contributed by atoms with Crippen LogP contribution in [0.3, 0.4) is 0 Å². The molecule has 2 fully saturated rings. The number of nitrogens with one attached hydrogen (secondary N) is 2. The quantitative estimate of drug-likeness (QED) is 0.125. The Balaban J connectivity index is 1.64. The first-order valence-corrected chi connectivity index (χ1v) is 16.3. The van der Waals surface area contributed by atoms with Crippen molar-refractivity contribution in [2.45, 2.75) is 75.2 Å². The number of rotatable bonds is 10. The van der Waals surface area contributed by atoms with E-state index in [0.29, 0.717) is 10.7 Å². The summed E-state index contributed by atoms with van der Waals surface area (Å²) in [5.74, 6) is -2.74. The van der Waals surface area contributed by atoms with E-state index in [1.54, 1.807) is 43.3 Å². The van der Waals surface area contributed by atoms with E-state index in [-0.39, 0.29) is 46.6 Å². The number of halogens is 3. The molecule has 3 N–H and O–H groups in total. The molecular formula is C34H37Cl2FN4O6. The highest BCUT2D eigenvalue weighted by atomic mass is 35.5. The summed E-state index contributed by atoms with van der Waals surface area (Å²) < 4.78 is 20.8. The fourth-order valence-corrected chi connectivity index (χ4v) is 7.78. The second kappa shape index (κ2) is 14.7. The Bertz CT molecular complexity index is 1650. The van der Waals surface area contributed by atoms with Crippen molar-refractivity contribution in [1.82, 2.24) is 10.2 Å². The number of benzene rings is 3. The topological polar surface area (TPSA) is 134 Å². The highest BCUT2D eigenvalue weighted by Crippen LogP contribution is 2.50. The van der Waals surface area contributed by atoms with Gasteiger partial charge in [-0.25, -0.2) is 9.18 Å². The maximum atomic E-state index is 16.1. The number of amides is 1. The molecular weight excluding hydrogens is 650 g/mol. The van der Waals surface area contributed by atoms with Crippen LogP contribution >= 0.6 is 23.2 Å². The van der Waals surface area contributed by atoms with Crippen LogP contribution in [0, 0.1) is 15.9 Å². The number of nitro benzene ring substituents is 1. The molecule has 5 rings (SSSR count). The summed E-state index contributed by atoms with van der Waals surface area (Å²) in [6, 6.07) is 13.8. The molecule has 4 atom stereocenters. The molecule has 250 valence electrons. The largest absolute Gasteiger partial charge is 0.465 e. The van der Waals surface area contributed by atoms with Crippen LogP contribution in [0.4, 0.5) is 15.8 Å². The number of ether oxygens (including phenoxy) is 1. The first kappa shape index (κ1) is 34.7. The van der Waals surface area contributed by atoms with Gasteiger partial charge in [-0.3, -0.25) is 19.8 Å². The molecule has 10 nitrogen and oxygen atoms in total. The average Bonchev–Trinajstić information content (AvgIpc) is 3.33. The fourth-order valence-electron chi connectivity index (χ4n) is 7.41. The maximum absolute atomic E-state index is 16.1. The third-order valence-corrected chi connectivity index (χ3v) is 10.0. The highest BCUT2D eigenvalue weighted by molar-refractivity contribution is 6.31. The molecule has 1 heterocycles. The monoisotopic (exact) mass is 686 g/mol. The number of aliphatic hydroxyl groups is 1. The number of nitro groups is 1. The molecule has 0 unspecified atom stereocenters. The van der Waals surface area contributed by atoms with E-state index >= 15 is 4.39 Å². The van der Waals surface area contributed by atoms with Crippen molar-refractivity contribution in [2.24, 2.45) is 0 Å². The number of carbonyl (C=O) groups excluding carboxylic acids is 2. The third-order valence-electron chi connectivity index (χ3n) is 9.52. The second-order valence-corrected chi connectivity index (χ2v) is 13.0. The molecule has 1 aliphatic carbocycles. The summed E-state index contributed by atoms with van der Waals surface area (Å²) in [5, 5.41) is 29.8. The van der Waals surface area contributed by atoms with Crippen LogP contribution in [0.25, 0.3) is 0 Å². The van der Waals surface area contributed by atoms with Gasteiger partial charge in [0.2, 0.25) is 5.91 Å². The normalized spacial score (nSPS) is 23.4. The molecule has 1 amide bonds. The van der Waals surface area contributed by atoms with Crippen molar-refractivity contribution in [3.05, 3.63) is 103 Å². The van der Waals surface area contributed by atoms with Gasteiger partial charge in [-0.2, -0.15) is 0 Å². The van der Waals surface area contributed by atoms with Gasteiger partial charge >= 0.3 is 5.97 Å². The molecule has 1 aliphatic heterocycles. The molecule has 0 spiro atoms. The molecule has 0 radical (unpaired) electrons. The van der Waals surface area contributed by atoms with E-state index < -0.39 is 46.2 Å². The van der Waals surface area contributed by atoms with Gasteiger partial charge < -0.3 is 20.5 Å². The summed E-state index contributed by atoms with van der Waals surface area (Å²) >= 11 is 12.5. The van der Waals surface area contributed by atoms with Crippen molar-refractivity contribution in [2.75, 3.05) is 19.0 Å². The molecule has 47 heavy (non-hydrogen) atoms. The van der Waals surface area contributed by atoms with E-state index in [4.69, 9.17) is 27.9 Å². The Morgan fingerprint density at radius 1 is 1.11 bits per heavy atom. The Labute approximate surface area is 282 Å². The van der Waals surface area contributed by atoms with Gasteiger partial charge in [-0.1, -0.05) is 66.7 Å². The van der Waals surface area contributed by atoms with E-state index in [1.807, 2.05) is 4.90 Å². The van der Waals surface area contributed by atoms with Crippen LogP contribution in [-0.2, 0) is 16.1 Å². The second-order valence-electron chi connectivity index (χ2n) is 12.2. The van der Waals surface area contributed by atoms with E-state index in [9.17, 15) is 24.8 Å². The van der Waals surface area contributed by atoms with Gasteiger partial charge in [-0.05, 0) is 55.7 Å². The van der Waals surface area contributed by atoms with Crippen molar-refractivity contribution >= 4 is 46.5 Å². The lowest BCUT2D eigenvalue weighted by atomic mass is 9.76. The Hall–Kier alpha value is -3.61. The first-order chi connectivity index (χ1) is 22.5. The van der Waals surface area contributed by atoms with Gasteiger partial charge in [0.05, 0.1) is 35.3 Å². The fraction of sp³-hybridized carbons (Fsp3) is 0.412. The minimum Gasteiger partial charge on any atom is -0.465 e. The van der Waals surface area contributed by atoms with Crippen molar-refractivity contribution < 1.29 is 28.7 Å². The van der Waals surface area contributed by atoms with E-state index in [0.717, 1.165) is 38.2 Å². The lowest BCUT2D eigenvalue weighted by Crippen LogP contribution is -2.60. The zero-order valence-electron chi connectivity index (χ0n) is 26.0. The van der Waals surface area contributed by atoms with Gasteiger partial charge in [0.1, 0.15) is 11.4 Å². The zero-order valence-corrected chi connectivity index (χ0v) is 27.6. The van der Waals surface area contributed by atoms with Crippen molar-refractivity contribution in [3.8, 4) is 0 Å². The van der Waals surface area contributed by atoms with Crippen molar-refractivity contribution in [3.63, 3.8) is 0 Å². The minimum atomic E-state index is -1.43. The zero-order chi connectivity index (χ0) is 33.9. The molecule has 3 aromatic carbocycles. The van der Waals surface area contributed by atoms with Crippen LogP contribution in [0.15, 0.2) is 60.7 Å². The van der Waals surface area contributed by atoms with Gasteiger partial charge in [0.15, 0.2) is 0 Å². The Morgan fingerprint density at radius 3 is 2.49 bits per heavy atom. The number of carbonyl (C=O) groups is 2. The van der Waals surface area contributed by atoms with Crippen LogP contribution in [0.1, 0.15) is 66.4 Å². The SMILES string of the molecule is COC(=O)c1ccc(CN[C@@H]2[C@H](CO)N(C3CCCCC3)[C@@](C)(C(=O)Nc3cccc(Cl)c3)[C@H]2c2cccc(Cl)c2F)c([N+](=O)[O-])c1. The Morgan fingerprint density at radius 2 is 1.83 bits per heavy atom. The van der Waals surface area contributed by atoms with Crippen LogP contribution in [0.5, 0.6) is 0 Å². The minimum absolute atomic E-state index is 0.0182. The molecule has 0 aromatic heterocycles. The highest BCUT2D eigenvalue weighted by Gasteiger charge is 2.62. The summed E-state index contributed by atoms with van der Waals surface area (Å²) in [6.07, 6.45) is 4.44. The van der Waals surface area contributed by atoms with Gasteiger partial charge in [0, 0.05) is 46.9 Å². The Kier molecular flexibility index (Phi) is 10.8. The van der Waals surface area contributed by atoms with Crippen LogP contribution < -0.4 is 10.6 Å². The molecule has 1 saturated heterocycles. The maximum Gasteiger partial charge on any atom is 0.338 e. The lowest BCUT2D eigenvalue weighted by Gasteiger charge is -2.45. The molecule has 2 aliphatic rings. The standard InChI is InChI=1S/C34H37Cl2FN4O6/c1-34(33(44)39-23-9-6-8-22(35)17-23)29(25-12-7-13-26(36)30(25)37)31(28(19-42)40(34)24-10-4-3-5-11-24)38-18-21-15-14-20(32(43)47-2)16-27(21)41(45)46/h6-9,12-17,24,28-29,31,38,42H,3-5,10-11,18-19H2,1-2H3,(H,39,44)/t28-,29-,31+,34+/m0/s1. The third kappa shape index (κ3) is 6.86. The molecule has 13 heteroatoms. The summed E-state index contributed by atoms with van der Waals surface area (Å²) in [4.78, 5) is 40.2. The smallest absolute Gasteiger partial charge is 0.338 e. The summed E-state index contributed by atoms with van der Waals surface area (Å²) in [7, 11) is 1.19. The summed E-state index contributed by atoms with van der Waals surface area (Å²) in [6.45, 7) is 1.29. The number of likely N-dealkylation sites (tertiary alicyclic amines) is 1. The number of nitrogens with zero attached hydrogens (tertiary/aromatic N) is 2. The molecule has 3 aromatic rings. The predicted molar refractivity (Wildman–Crippen MR) is 177 cm³/mol. The number of esters is 1. The van der Waals surface area contributed by atoms with Crippen molar-refractivity contribution in [1.29, 1.82) is 0 Å². The molecule has 0 bridgehead atoms. The average molecular weight is 688 g/mol. The number of anilines is 1. The number of hydrogen-bond donors (Lipinski definition) is 3. The van der Waals surface area contributed by atoms with E-state index in [2.05, 4.69) is 10.6 Å². The summed E-state index contributed by atoms with van der Waals surface area (Å²) in [5.41, 5.74) is -0.839. The lowest BCUT2D eigenvalue weighted by molar-refractivity contribution is -0.385. The van der Waals surface area contributed by atoms with E-state index in [1.165, 1.54) is 25.3 Å². The van der Waals surface area contributed by atoms with Gasteiger partial charge in [-0.15, -0.1) is 0 Å². The number of hydrogen-bond acceptors (Lipinski definition) is 8. The number of methoxy groups -OCH3 is 1. The van der Waals surface area contributed by atoms with Gasteiger partial charge in [0.25, 0.3) is 5.69 Å². The number of aliphatic hydroxyl groups excluding tert-OH is 1. The van der Waals surface area contributed by atoms with Crippen LogP contribution in [-0.4, -0.2) is 64.2 Å². The first-order valence-electron chi connectivity index (χ1n) is 15.5.